The quantitative estimate of drug-likeness (QED) is 0.726. The summed E-state index contributed by atoms with van der Waals surface area (Å²) in [6.45, 7) is 7.89. The molecule has 0 aromatic heterocycles. The molecule has 0 aliphatic carbocycles. The highest BCUT2D eigenvalue weighted by molar-refractivity contribution is 9.09. The van der Waals surface area contributed by atoms with Gasteiger partial charge in [-0.2, -0.15) is 0 Å². The van der Waals surface area contributed by atoms with Crippen molar-refractivity contribution in [2.24, 2.45) is 5.41 Å². The first-order valence-corrected chi connectivity index (χ1v) is 6.40. The molecule has 0 bridgehead atoms. The van der Waals surface area contributed by atoms with Crippen molar-refractivity contribution in [2.75, 3.05) is 5.33 Å². The van der Waals surface area contributed by atoms with Crippen LogP contribution in [0.3, 0.4) is 0 Å². The van der Waals surface area contributed by atoms with Crippen molar-refractivity contribution in [3.63, 3.8) is 0 Å². The van der Waals surface area contributed by atoms with Gasteiger partial charge in [-0.25, -0.2) is 0 Å². The Balaban J connectivity index is 4.54. The Hall–Kier alpha value is 0.400. The van der Waals surface area contributed by atoms with E-state index in [1.807, 2.05) is 20.8 Å². The minimum absolute atomic E-state index is 0.205. The third-order valence-electron chi connectivity index (χ3n) is 3.30. The Labute approximate surface area is 95.8 Å². The first kappa shape index (κ1) is 14.4. The summed E-state index contributed by atoms with van der Waals surface area (Å²) < 4.78 is 0. The van der Waals surface area contributed by atoms with Gasteiger partial charge in [0.1, 0.15) is 0 Å². The Morgan fingerprint density at radius 1 is 1.21 bits per heavy atom. The summed E-state index contributed by atoms with van der Waals surface area (Å²) in [7, 11) is 0. The Morgan fingerprint density at radius 2 is 1.71 bits per heavy atom. The van der Waals surface area contributed by atoms with Crippen molar-refractivity contribution in [1.29, 1.82) is 0 Å². The third-order valence-corrected chi connectivity index (χ3v) is 3.92. The van der Waals surface area contributed by atoms with E-state index >= 15 is 0 Å². The number of rotatable bonds is 6. The molecule has 14 heavy (non-hydrogen) atoms. The van der Waals surface area contributed by atoms with Gasteiger partial charge in [0, 0.05) is 5.33 Å². The molecule has 86 valence electrons. The van der Waals surface area contributed by atoms with E-state index in [0.29, 0.717) is 11.8 Å². The van der Waals surface area contributed by atoms with Crippen molar-refractivity contribution < 1.29 is 10.2 Å². The molecule has 0 amide bonds. The first-order chi connectivity index (χ1) is 6.31. The van der Waals surface area contributed by atoms with E-state index in [-0.39, 0.29) is 5.41 Å². The van der Waals surface area contributed by atoms with Crippen LogP contribution in [0.5, 0.6) is 0 Å². The molecule has 0 spiro atoms. The normalized spacial score (nSPS) is 22.5. The number of hydrogen-bond donors (Lipinski definition) is 2. The predicted molar refractivity (Wildman–Crippen MR) is 63.7 cm³/mol. The van der Waals surface area contributed by atoms with Crippen LogP contribution in [0, 0.1) is 5.41 Å². The summed E-state index contributed by atoms with van der Waals surface area (Å²) in [4.78, 5) is 0. The maximum atomic E-state index is 10.0. The highest BCUT2D eigenvalue weighted by atomic mass is 79.9. The smallest absolute Gasteiger partial charge is 0.0691 e. The maximum Gasteiger partial charge on any atom is 0.0691 e. The van der Waals surface area contributed by atoms with E-state index in [0.717, 1.165) is 12.8 Å². The van der Waals surface area contributed by atoms with Gasteiger partial charge in [-0.1, -0.05) is 36.7 Å². The van der Waals surface area contributed by atoms with Crippen molar-refractivity contribution in [3.05, 3.63) is 0 Å². The molecule has 0 aliphatic heterocycles. The molecule has 0 heterocycles. The predicted octanol–water partition coefficient (Wildman–Crippen LogP) is 2.71. The topological polar surface area (TPSA) is 40.5 Å². The average molecular weight is 267 g/mol. The molecular weight excluding hydrogens is 244 g/mol. The molecule has 0 radical (unpaired) electrons. The van der Waals surface area contributed by atoms with E-state index in [2.05, 4.69) is 22.9 Å². The standard InChI is InChI=1S/C11H23BrO2/c1-5-10(3,9(13)7-12)8-11(4,14)6-2/h9,13-14H,5-8H2,1-4H3/t9-,10?,11?/m1/s1. The molecule has 2 nitrogen and oxygen atoms in total. The zero-order chi connectivity index (χ0) is 11.4. The van der Waals surface area contributed by atoms with E-state index in [1.165, 1.54) is 0 Å². The summed E-state index contributed by atoms with van der Waals surface area (Å²) in [5.74, 6) is 0. The van der Waals surface area contributed by atoms with E-state index in [1.54, 1.807) is 0 Å². The lowest BCUT2D eigenvalue weighted by molar-refractivity contribution is -0.0407. The highest BCUT2D eigenvalue weighted by Crippen LogP contribution is 2.37. The lowest BCUT2D eigenvalue weighted by atomic mass is 9.73. The zero-order valence-corrected chi connectivity index (χ0v) is 11.3. The molecule has 2 N–H and O–H groups in total. The molecule has 3 heteroatoms. The zero-order valence-electron chi connectivity index (χ0n) is 9.68. The molecule has 2 unspecified atom stereocenters. The van der Waals surface area contributed by atoms with E-state index < -0.39 is 11.7 Å². The van der Waals surface area contributed by atoms with Crippen LogP contribution in [0.2, 0.25) is 0 Å². The van der Waals surface area contributed by atoms with Crippen LogP contribution in [-0.4, -0.2) is 27.2 Å². The number of halogens is 1. The summed E-state index contributed by atoms with van der Waals surface area (Å²) in [5.41, 5.74) is -0.878. The van der Waals surface area contributed by atoms with E-state index in [4.69, 9.17) is 0 Å². The summed E-state index contributed by atoms with van der Waals surface area (Å²) >= 11 is 3.29. The fraction of sp³-hybridized carbons (Fsp3) is 1.00. The fourth-order valence-corrected chi connectivity index (χ4v) is 2.44. The Bertz CT molecular complexity index is 171. The molecule has 0 saturated heterocycles. The van der Waals surface area contributed by atoms with Crippen LogP contribution in [0.15, 0.2) is 0 Å². The van der Waals surface area contributed by atoms with Crippen molar-refractivity contribution in [3.8, 4) is 0 Å². The minimum Gasteiger partial charge on any atom is -0.392 e. The molecule has 0 saturated carbocycles. The van der Waals surface area contributed by atoms with Crippen LogP contribution in [0.1, 0.15) is 47.0 Å². The molecular formula is C11H23BrO2. The first-order valence-electron chi connectivity index (χ1n) is 5.27. The average Bonchev–Trinajstić information content (AvgIpc) is 2.15. The Morgan fingerprint density at radius 3 is 2.00 bits per heavy atom. The lowest BCUT2D eigenvalue weighted by Gasteiger charge is -2.38. The number of aliphatic hydroxyl groups excluding tert-OH is 1. The molecule has 0 aromatic carbocycles. The van der Waals surface area contributed by atoms with Crippen molar-refractivity contribution in [1.82, 2.24) is 0 Å². The fourth-order valence-electron chi connectivity index (χ4n) is 1.66. The second-order valence-corrected chi connectivity index (χ2v) is 5.35. The van der Waals surface area contributed by atoms with Crippen LogP contribution < -0.4 is 0 Å². The summed E-state index contributed by atoms with van der Waals surface area (Å²) in [5, 5.41) is 20.5. The SMILES string of the molecule is CCC(C)(O)CC(C)(CC)[C@H](O)CBr. The second kappa shape index (κ2) is 5.47. The molecule has 0 aromatic rings. The Kier molecular flexibility index (Phi) is 5.63. The molecule has 0 fully saturated rings. The van der Waals surface area contributed by atoms with Gasteiger partial charge in [-0.3, -0.25) is 0 Å². The second-order valence-electron chi connectivity index (χ2n) is 4.70. The van der Waals surface area contributed by atoms with Gasteiger partial charge in [0.15, 0.2) is 0 Å². The van der Waals surface area contributed by atoms with Gasteiger partial charge in [0.05, 0.1) is 11.7 Å². The molecule has 3 atom stereocenters. The van der Waals surface area contributed by atoms with Crippen LogP contribution in [0.4, 0.5) is 0 Å². The number of hydrogen-bond acceptors (Lipinski definition) is 2. The summed E-state index contributed by atoms with van der Waals surface area (Å²) in [6.07, 6.45) is 1.83. The largest absolute Gasteiger partial charge is 0.392 e. The van der Waals surface area contributed by atoms with Gasteiger partial charge in [0.2, 0.25) is 0 Å². The van der Waals surface area contributed by atoms with Crippen LogP contribution >= 0.6 is 15.9 Å². The number of alkyl halides is 1. The maximum absolute atomic E-state index is 10.0. The van der Waals surface area contributed by atoms with Crippen LogP contribution in [0.25, 0.3) is 0 Å². The monoisotopic (exact) mass is 266 g/mol. The van der Waals surface area contributed by atoms with Gasteiger partial charge >= 0.3 is 0 Å². The van der Waals surface area contributed by atoms with Gasteiger partial charge in [-0.05, 0) is 31.6 Å². The van der Waals surface area contributed by atoms with Crippen LogP contribution in [-0.2, 0) is 0 Å². The van der Waals surface area contributed by atoms with Gasteiger partial charge in [0.25, 0.3) is 0 Å². The van der Waals surface area contributed by atoms with Gasteiger partial charge in [-0.15, -0.1) is 0 Å². The third kappa shape index (κ3) is 3.87. The van der Waals surface area contributed by atoms with Crippen molar-refractivity contribution >= 4 is 15.9 Å². The highest BCUT2D eigenvalue weighted by Gasteiger charge is 2.36. The number of aliphatic hydroxyl groups is 2. The summed E-state index contributed by atoms with van der Waals surface area (Å²) in [6, 6.07) is 0. The lowest BCUT2D eigenvalue weighted by Crippen LogP contribution is -2.40. The van der Waals surface area contributed by atoms with Gasteiger partial charge < -0.3 is 10.2 Å². The molecule has 0 aliphatic rings. The van der Waals surface area contributed by atoms with Crippen molar-refractivity contribution in [2.45, 2.75) is 58.7 Å². The minimum atomic E-state index is -0.673. The molecule has 0 rings (SSSR count). The van der Waals surface area contributed by atoms with E-state index in [9.17, 15) is 10.2 Å².